The minimum atomic E-state index is 0.745. The van der Waals surface area contributed by atoms with E-state index in [0.29, 0.717) is 0 Å². The average Bonchev–Trinajstić information content (AvgIpc) is 2.58. The fourth-order valence-electron chi connectivity index (χ4n) is 2.22. The Morgan fingerprint density at radius 3 is 2.42 bits per heavy atom. The normalized spacial score (nSPS) is 18.8. The molecule has 0 bridgehead atoms. The van der Waals surface area contributed by atoms with Crippen molar-refractivity contribution in [3.8, 4) is 0 Å². The number of nitrogens with zero attached hydrogens (tertiary/aromatic N) is 1. The summed E-state index contributed by atoms with van der Waals surface area (Å²) < 4.78 is 0. The van der Waals surface area contributed by atoms with Crippen LogP contribution in [0.3, 0.4) is 0 Å². The Kier molecular flexibility index (Phi) is 1.91. The molecule has 66 valence electrons. The van der Waals surface area contributed by atoms with Crippen molar-refractivity contribution in [2.75, 3.05) is 0 Å². The van der Waals surface area contributed by atoms with Crippen molar-refractivity contribution in [1.29, 1.82) is 0 Å². The summed E-state index contributed by atoms with van der Waals surface area (Å²) in [5.74, 6) is 1.81. The second-order valence-corrected chi connectivity index (χ2v) is 3.81. The fraction of sp³-hybridized carbons (Fsp3) is 0.700. The summed E-state index contributed by atoms with van der Waals surface area (Å²) in [6.45, 7) is 4.17. The van der Waals surface area contributed by atoms with E-state index in [4.69, 9.17) is 0 Å². The van der Waals surface area contributed by atoms with Crippen LogP contribution in [-0.4, -0.2) is 9.97 Å². The summed E-state index contributed by atoms with van der Waals surface area (Å²) in [5.41, 5.74) is 2.60. The van der Waals surface area contributed by atoms with Gasteiger partial charge < -0.3 is 4.98 Å². The molecular weight excluding hydrogens is 148 g/mol. The van der Waals surface area contributed by atoms with E-state index in [1.807, 2.05) is 6.92 Å². The van der Waals surface area contributed by atoms with Crippen molar-refractivity contribution in [1.82, 2.24) is 9.97 Å². The van der Waals surface area contributed by atoms with Crippen LogP contribution in [-0.2, 0) is 0 Å². The molecular formula is C10H16N2. The summed E-state index contributed by atoms with van der Waals surface area (Å²) in [6.07, 6.45) is 5.45. The van der Waals surface area contributed by atoms with Crippen molar-refractivity contribution >= 4 is 0 Å². The Morgan fingerprint density at radius 2 is 1.92 bits per heavy atom. The number of H-pyrrole nitrogens is 1. The molecule has 1 aromatic heterocycles. The van der Waals surface area contributed by atoms with Crippen molar-refractivity contribution in [2.24, 2.45) is 0 Å². The SMILES string of the molecule is Cc1nc(C2CCCC2)c(C)[nH]1. The lowest BCUT2D eigenvalue weighted by Gasteiger charge is -2.05. The third-order valence-electron chi connectivity index (χ3n) is 2.78. The molecule has 0 unspecified atom stereocenters. The molecule has 2 heteroatoms. The van der Waals surface area contributed by atoms with Crippen molar-refractivity contribution < 1.29 is 0 Å². The smallest absolute Gasteiger partial charge is 0.103 e. The second-order valence-electron chi connectivity index (χ2n) is 3.81. The maximum Gasteiger partial charge on any atom is 0.103 e. The van der Waals surface area contributed by atoms with Gasteiger partial charge in [0.2, 0.25) is 0 Å². The highest BCUT2D eigenvalue weighted by atomic mass is 14.9. The van der Waals surface area contributed by atoms with Crippen LogP contribution in [0.4, 0.5) is 0 Å². The van der Waals surface area contributed by atoms with Gasteiger partial charge in [-0.3, -0.25) is 0 Å². The quantitative estimate of drug-likeness (QED) is 0.679. The third kappa shape index (κ3) is 1.26. The van der Waals surface area contributed by atoms with Gasteiger partial charge in [-0.05, 0) is 26.7 Å². The van der Waals surface area contributed by atoms with Gasteiger partial charge in [-0.15, -0.1) is 0 Å². The van der Waals surface area contributed by atoms with Crippen LogP contribution in [0.25, 0.3) is 0 Å². The molecule has 1 saturated carbocycles. The third-order valence-corrected chi connectivity index (χ3v) is 2.78. The van der Waals surface area contributed by atoms with Gasteiger partial charge in [0.05, 0.1) is 5.69 Å². The first-order valence-corrected chi connectivity index (χ1v) is 4.80. The standard InChI is InChI=1S/C10H16N2/c1-7-10(12-8(2)11-7)9-5-3-4-6-9/h9H,3-6H2,1-2H3,(H,11,12). The molecule has 2 rings (SSSR count). The number of rotatable bonds is 1. The number of hydrogen-bond donors (Lipinski definition) is 1. The largest absolute Gasteiger partial charge is 0.346 e. The van der Waals surface area contributed by atoms with Crippen molar-refractivity contribution in [3.05, 3.63) is 17.2 Å². The molecule has 0 radical (unpaired) electrons. The molecule has 1 heterocycles. The maximum absolute atomic E-state index is 4.54. The van der Waals surface area contributed by atoms with Crippen LogP contribution < -0.4 is 0 Å². The van der Waals surface area contributed by atoms with Gasteiger partial charge in [0.25, 0.3) is 0 Å². The molecule has 1 aliphatic rings. The van der Waals surface area contributed by atoms with E-state index in [1.165, 1.54) is 37.1 Å². The summed E-state index contributed by atoms with van der Waals surface area (Å²) in [7, 11) is 0. The lowest BCUT2D eigenvalue weighted by atomic mass is 10.0. The molecule has 1 fully saturated rings. The predicted octanol–water partition coefficient (Wildman–Crippen LogP) is 2.68. The van der Waals surface area contributed by atoms with E-state index in [9.17, 15) is 0 Å². The molecule has 12 heavy (non-hydrogen) atoms. The van der Waals surface area contributed by atoms with Gasteiger partial charge in [-0.25, -0.2) is 4.98 Å². The van der Waals surface area contributed by atoms with Crippen LogP contribution in [0, 0.1) is 13.8 Å². The van der Waals surface area contributed by atoms with Crippen LogP contribution in [0.2, 0.25) is 0 Å². The van der Waals surface area contributed by atoms with Crippen molar-refractivity contribution in [2.45, 2.75) is 45.4 Å². The van der Waals surface area contributed by atoms with Crippen LogP contribution in [0.15, 0.2) is 0 Å². The van der Waals surface area contributed by atoms with E-state index < -0.39 is 0 Å². The Hall–Kier alpha value is -0.790. The topological polar surface area (TPSA) is 28.7 Å². The van der Waals surface area contributed by atoms with E-state index in [0.717, 1.165) is 11.7 Å². The lowest BCUT2D eigenvalue weighted by molar-refractivity contribution is 0.695. The molecule has 1 aliphatic carbocycles. The lowest BCUT2D eigenvalue weighted by Crippen LogP contribution is -1.94. The van der Waals surface area contributed by atoms with E-state index in [1.54, 1.807) is 0 Å². The highest BCUT2D eigenvalue weighted by Gasteiger charge is 2.21. The number of hydrogen-bond acceptors (Lipinski definition) is 1. The Bertz CT molecular complexity index is 269. The molecule has 0 spiro atoms. The van der Waals surface area contributed by atoms with Gasteiger partial charge in [0, 0.05) is 11.6 Å². The first-order chi connectivity index (χ1) is 5.77. The summed E-state index contributed by atoms with van der Waals surface area (Å²) in [5, 5.41) is 0. The summed E-state index contributed by atoms with van der Waals surface area (Å²) in [4.78, 5) is 7.81. The minimum absolute atomic E-state index is 0.745. The molecule has 0 atom stereocenters. The van der Waals surface area contributed by atoms with Crippen LogP contribution >= 0.6 is 0 Å². The minimum Gasteiger partial charge on any atom is -0.346 e. The first kappa shape index (κ1) is 7.84. The Labute approximate surface area is 73.4 Å². The van der Waals surface area contributed by atoms with E-state index in [2.05, 4.69) is 16.9 Å². The molecule has 0 aliphatic heterocycles. The zero-order chi connectivity index (χ0) is 8.55. The highest BCUT2D eigenvalue weighted by molar-refractivity contribution is 5.18. The van der Waals surface area contributed by atoms with Crippen LogP contribution in [0.5, 0.6) is 0 Å². The average molecular weight is 164 g/mol. The van der Waals surface area contributed by atoms with Gasteiger partial charge in [-0.2, -0.15) is 0 Å². The number of aryl methyl sites for hydroxylation is 2. The second kappa shape index (κ2) is 2.92. The molecule has 2 nitrogen and oxygen atoms in total. The zero-order valence-corrected chi connectivity index (χ0v) is 7.85. The number of imidazole rings is 1. The highest BCUT2D eigenvalue weighted by Crippen LogP contribution is 2.34. The summed E-state index contributed by atoms with van der Waals surface area (Å²) >= 11 is 0. The molecule has 0 aromatic carbocycles. The maximum atomic E-state index is 4.54. The van der Waals surface area contributed by atoms with Crippen molar-refractivity contribution in [3.63, 3.8) is 0 Å². The van der Waals surface area contributed by atoms with E-state index >= 15 is 0 Å². The van der Waals surface area contributed by atoms with Crippen LogP contribution in [0.1, 0.15) is 48.8 Å². The number of nitrogens with one attached hydrogen (secondary N) is 1. The molecule has 0 saturated heterocycles. The molecule has 0 amide bonds. The van der Waals surface area contributed by atoms with Gasteiger partial charge >= 0.3 is 0 Å². The predicted molar refractivity (Wildman–Crippen MR) is 49.3 cm³/mol. The summed E-state index contributed by atoms with van der Waals surface area (Å²) in [6, 6.07) is 0. The van der Waals surface area contributed by atoms with Gasteiger partial charge in [0.1, 0.15) is 5.82 Å². The molecule has 1 aromatic rings. The van der Waals surface area contributed by atoms with Gasteiger partial charge in [-0.1, -0.05) is 12.8 Å². The zero-order valence-electron chi connectivity index (χ0n) is 7.85. The Morgan fingerprint density at radius 1 is 1.25 bits per heavy atom. The van der Waals surface area contributed by atoms with Gasteiger partial charge in [0.15, 0.2) is 0 Å². The number of aromatic nitrogens is 2. The Balaban J connectivity index is 2.25. The molecule has 1 N–H and O–H groups in total. The fourth-order valence-corrected chi connectivity index (χ4v) is 2.22. The first-order valence-electron chi connectivity index (χ1n) is 4.80. The van der Waals surface area contributed by atoms with E-state index in [-0.39, 0.29) is 0 Å². The monoisotopic (exact) mass is 164 g/mol. The number of aromatic amines is 1.